The van der Waals surface area contributed by atoms with E-state index in [1.807, 2.05) is 24.3 Å². The summed E-state index contributed by atoms with van der Waals surface area (Å²) in [7, 11) is 3.09. The fourth-order valence-electron chi connectivity index (χ4n) is 2.36. The molecule has 0 spiro atoms. The molecule has 0 amide bonds. The Kier molecular flexibility index (Phi) is 7.13. The van der Waals surface area contributed by atoms with Crippen LogP contribution in [-0.4, -0.2) is 36.7 Å². The summed E-state index contributed by atoms with van der Waals surface area (Å²) in [6.45, 7) is 0.110. The molecule has 146 valence electrons. The molecule has 6 nitrogen and oxygen atoms in total. The Morgan fingerprint density at radius 1 is 1.14 bits per heavy atom. The quantitative estimate of drug-likeness (QED) is 0.382. The first-order chi connectivity index (χ1) is 13.6. The van der Waals surface area contributed by atoms with Crippen LogP contribution in [0.5, 0.6) is 11.5 Å². The molecule has 0 unspecified atom stereocenters. The molecule has 0 fully saturated rings. The van der Waals surface area contributed by atoms with Gasteiger partial charge in [0.1, 0.15) is 0 Å². The number of Topliss-reactive ketones (excluding diaryl/α,β-unsaturated/α-hetero) is 1. The van der Waals surface area contributed by atoms with Gasteiger partial charge < -0.3 is 14.8 Å². The van der Waals surface area contributed by atoms with Crippen molar-refractivity contribution in [2.75, 3.05) is 26.1 Å². The zero-order valence-corrected chi connectivity index (χ0v) is 17.7. The summed E-state index contributed by atoms with van der Waals surface area (Å²) in [5.74, 6) is 1.72. The molecule has 1 heterocycles. The third-order valence-electron chi connectivity index (χ3n) is 3.82. The van der Waals surface area contributed by atoms with Crippen LogP contribution in [0.2, 0.25) is 5.02 Å². The van der Waals surface area contributed by atoms with E-state index in [4.69, 9.17) is 21.1 Å². The standard InChI is InChI=1S/C19H18ClN3O3S2/c1-25-16-8-7-12(9-17(16)26-2)15(24)10-21-18-22-23-19(28-18)27-11-13-5-3-4-6-14(13)20/h3-9H,10-11H2,1-2H3,(H,21,22). The van der Waals surface area contributed by atoms with Gasteiger partial charge in [-0.1, -0.05) is 52.9 Å². The first kappa shape index (κ1) is 20.4. The SMILES string of the molecule is COc1ccc(C(=O)CNc2nnc(SCc3ccccc3Cl)s2)cc1OC. The van der Waals surface area contributed by atoms with Gasteiger partial charge in [-0.25, -0.2) is 0 Å². The molecule has 2 aromatic carbocycles. The van der Waals surface area contributed by atoms with E-state index in [0.717, 1.165) is 14.9 Å². The smallest absolute Gasteiger partial charge is 0.206 e. The summed E-state index contributed by atoms with van der Waals surface area (Å²) in [6, 6.07) is 12.8. The largest absolute Gasteiger partial charge is 0.493 e. The van der Waals surface area contributed by atoms with Gasteiger partial charge in [0.2, 0.25) is 5.13 Å². The van der Waals surface area contributed by atoms with Crippen LogP contribution in [0.4, 0.5) is 5.13 Å². The third kappa shape index (κ3) is 5.15. The minimum Gasteiger partial charge on any atom is -0.493 e. The second kappa shape index (κ2) is 9.77. The van der Waals surface area contributed by atoms with Crippen LogP contribution in [0.3, 0.4) is 0 Å². The first-order valence-electron chi connectivity index (χ1n) is 8.29. The second-order valence-corrected chi connectivity index (χ2v) is 8.21. The normalized spacial score (nSPS) is 10.5. The highest BCUT2D eigenvalue weighted by atomic mass is 35.5. The van der Waals surface area contributed by atoms with Crippen LogP contribution in [0, 0.1) is 0 Å². The Bertz CT molecular complexity index is 965. The van der Waals surface area contributed by atoms with Crippen molar-refractivity contribution in [3.05, 3.63) is 58.6 Å². The monoisotopic (exact) mass is 435 g/mol. The van der Waals surface area contributed by atoms with Gasteiger partial charge in [-0.2, -0.15) is 0 Å². The van der Waals surface area contributed by atoms with E-state index in [9.17, 15) is 4.79 Å². The van der Waals surface area contributed by atoms with Gasteiger partial charge >= 0.3 is 0 Å². The number of thioether (sulfide) groups is 1. The maximum Gasteiger partial charge on any atom is 0.206 e. The van der Waals surface area contributed by atoms with Crippen molar-refractivity contribution >= 4 is 45.6 Å². The number of benzene rings is 2. The number of anilines is 1. The van der Waals surface area contributed by atoms with Crippen LogP contribution >= 0.6 is 34.7 Å². The Morgan fingerprint density at radius 2 is 1.93 bits per heavy atom. The highest BCUT2D eigenvalue weighted by Crippen LogP contribution is 2.31. The molecule has 28 heavy (non-hydrogen) atoms. The Balaban J connectivity index is 1.55. The summed E-state index contributed by atoms with van der Waals surface area (Å²) in [5, 5.41) is 12.6. The number of hydrogen-bond donors (Lipinski definition) is 1. The highest BCUT2D eigenvalue weighted by molar-refractivity contribution is 8.00. The van der Waals surface area contributed by atoms with Crippen LogP contribution in [0.1, 0.15) is 15.9 Å². The summed E-state index contributed by atoms with van der Waals surface area (Å²) in [6.07, 6.45) is 0. The summed E-state index contributed by atoms with van der Waals surface area (Å²) >= 11 is 9.12. The lowest BCUT2D eigenvalue weighted by Crippen LogP contribution is -2.14. The Hall–Kier alpha value is -2.29. The van der Waals surface area contributed by atoms with Crippen molar-refractivity contribution in [3.8, 4) is 11.5 Å². The number of carbonyl (C=O) groups excluding carboxylic acids is 1. The number of halogens is 1. The zero-order valence-electron chi connectivity index (χ0n) is 15.3. The fraction of sp³-hybridized carbons (Fsp3) is 0.211. The molecular weight excluding hydrogens is 418 g/mol. The number of nitrogens with one attached hydrogen (secondary N) is 1. The van der Waals surface area contributed by atoms with E-state index in [2.05, 4.69) is 15.5 Å². The molecule has 0 atom stereocenters. The zero-order chi connectivity index (χ0) is 19.9. The van der Waals surface area contributed by atoms with Gasteiger partial charge in [0.25, 0.3) is 0 Å². The second-order valence-electron chi connectivity index (χ2n) is 5.60. The number of ketones is 1. The van der Waals surface area contributed by atoms with E-state index in [1.54, 1.807) is 37.1 Å². The van der Waals surface area contributed by atoms with E-state index in [1.165, 1.54) is 18.4 Å². The average Bonchev–Trinajstić information content (AvgIpc) is 3.18. The predicted octanol–water partition coefficient (Wildman–Crippen LogP) is 4.80. The number of aromatic nitrogens is 2. The van der Waals surface area contributed by atoms with Crippen LogP contribution in [0.25, 0.3) is 0 Å². The van der Waals surface area contributed by atoms with Crippen molar-refractivity contribution < 1.29 is 14.3 Å². The number of nitrogens with zero attached hydrogens (tertiary/aromatic N) is 2. The van der Waals surface area contributed by atoms with Crippen LogP contribution in [-0.2, 0) is 5.75 Å². The maximum absolute atomic E-state index is 12.4. The van der Waals surface area contributed by atoms with Crippen LogP contribution in [0.15, 0.2) is 46.8 Å². The van der Waals surface area contributed by atoms with Crippen molar-refractivity contribution in [2.45, 2.75) is 10.1 Å². The minimum atomic E-state index is -0.0820. The Morgan fingerprint density at radius 3 is 2.68 bits per heavy atom. The first-order valence-corrected chi connectivity index (χ1v) is 10.5. The lowest BCUT2D eigenvalue weighted by atomic mass is 10.1. The van der Waals surface area contributed by atoms with Gasteiger partial charge in [-0.05, 0) is 29.8 Å². The van der Waals surface area contributed by atoms with Gasteiger partial charge in [-0.3, -0.25) is 4.79 Å². The third-order valence-corrected chi connectivity index (χ3v) is 6.25. The lowest BCUT2D eigenvalue weighted by molar-refractivity contribution is 0.101. The van der Waals surface area contributed by atoms with E-state index in [0.29, 0.717) is 27.9 Å². The van der Waals surface area contributed by atoms with E-state index < -0.39 is 0 Å². The summed E-state index contributed by atoms with van der Waals surface area (Å²) in [5.41, 5.74) is 1.57. The van der Waals surface area contributed by atoms with Crippen molar-refractivity contribution in [3.63, 3.8) is 0 Å². The molecule has 0 saturated carbocycles. The number of rotatable bonds is 9. The molecule has 0 aliphatic rings. The molecule has 1 aromatic heterocycles. The maximum atomic E-state index is 12.4. The minimum absolute atomic E-state index is 0.0820. The number of hydrogen-bond acceptors (Lipinski definition) is 8. The topological polar surface area (TPSA) is 73.3 Å². The molecule has 0 aliphatic carbocycles. The molecule has 3 aromatic rings. The number of carbonyl (C=O) groups is 1. The molecular formula is C19H18ClN3O3S2. The van der Waals surface area contributed by atoms with Crippen molar-refractivity contribution in [1.82, 2.24) is 10.2 Å². The van der Waals surface area contributed by atoms with Gasteiger partial charge in [0, 0.05) is 16.3 Å². The molecule has 0 radical (unpaired) electrons. The van der Waals surface area contributed by atoms with Crippen LogP contribution < -0.4 is 14.8 Å². The molecule has 0 bridgehead atoms. The van der Waals surface area contributed by atoms with Gasteiger partial charge in [-0.15, -0.1) is 10.2 Å². The average molecular weight is 436 g/mol. The summed E-state index contributed by atoms with van der Waals surface area (Å²) in [4.78, 5) is 12.4. The fourth-order valence-corrected chi connectivity index (χ4v) is 4.40. The predicted molar refractivity (Wildman–Crippen MR) is 113 cm³/mol. The molecule has 1 N–H and O–H groups in total. The van der Waals surface area contributed by atoms with Gasteiger partial charge in [0.15, 0.2) is 21.6 Å². The molecule has 3 rings (SSSR count). The molecule has 9 heteroatoms. The number of ether oxygens (including phenoxy) is 2. The lowest BCUT2D eigenvalue weighted by Gasteiger charge is -2.09. The highest BCUT2D eigenvalue weighted by Gasteiger charge is 2.12. The Labute approximate surface area is 176 Å². The van der Waals surface area contributed by atoms with Crippen molar-refractivity contribution in [1.29, 1.82) is 0 Å². The molecule has 0 saturated heterocycles. The molecule has 0 aliphatic heterocycles. The van der Waals surface area contributed by atoms with E-state index in [-0.39, 0.29) is 12.3 Å². The number of methoxy groups -OCH3 is 2. The van der Waals surface area contributed by atoms with Gasteiger partial charge in [0.05, 0.1) is 20.8 Å². The van der Waals surface area contributed by atoms with E-state index >= 15 is 0 Å². The van der Waals surface area contributed by atoms with Crippen molar-refractivity contribution in [2.24, 2.45) is 0 Å². The summed E-state index contributed by atoms with van der Waals surface area (Å²) < 4.78 is 11.2.